The third-order valence-corrected chi connectivity index (χ3v) is 6.10. The molecule has 174 valence electrons. The summed E-state index contributed by atoms with van der Waals surface area (Å²) in [5, 5.41) is 0.583. The van der Waals surface area contributed by atoms with Crippen LogP contribution in [0, 0.1) is 29.8 Å². The molecule has 0 unspecified atom stereocenters. The van der Waals surface area contributed by atoms with E-state index in [-0.39, 0.29) is 5.75 Å². The van der Waals surface area contributed by atoms with Crippen molar-refractivity contribution in [1.29, 1.82) is 0 Å². The Morgan fingerprint density at radius 3 is 2.71 bits per heavy atom. The fourth-order valence-electron chi connectivity index (χ4n) is 3.10. The minimum atomic E-state index is -4.54. The van der Waals surface area contributed by atoms with Gasteiger partial charge in [-0.2, -0.15) is 0 Å². The third-order valence-electron chi connectivity index (χ3n) is 4.74. The molecular formula is C22H15F3N4O4S. The third kappa shape index (κ3) is 4.33. The predicted molar refractivity (Wildman–Crippen MR) is 116 cm³/mol. The monoisotopic (exact) mass is 488 g/mol. The van der Waals surface area contributed by atoms with Crippen LogP contribution in [-0.4, -0.2) is 30.5 Å². The zero-order valence-electron chi connectivity index (χ0n) is 17.4. The van der Waals surface area contributed by atoms with Crippen molar-refractivity contribution in [3.63, 3.8) is 0 Å². The van der Waals surface area contributed by atoms with Gasteiger partial charge in [0, 0.05) is 17.6 Å². The number of pyridine rings is 2. The fraction of sp³-hybridized carbons (Fsp3) is 0.0909. The minimum absolute atomic E-state index is 0.184. The molecule has 3 aromatic heterocycles. The van der Waals surface area contributed by atoms with Crippen LogP contribution in [0.4, 0.5) is 18.9 Å². The van der Waals surface area contributed by atoms with Crippen molar-refractivity contribution in [2.75, 3.05) is 11.8 Å². The normalized spacial score (nSPS) is 11.3. The second-order valence-electron chi connectivity index (χ2n) is 6.86. The molecule has 1 aromatic carbocycles. The van der Waals surface area contributed by atoms with Gasteiger partial charge in [0.05, 0.1) is 36.3 Å². The number of fused-ring (bicyclic) bond motifs is 1. The van der Waals surface area contributed by atoms with Crippen molar-refractivity contribution in [2.24, 2.45) is 0 Å². The first kappa shape index (κ1) is 22.9. The predicted octanol–water partition coefficient (Wildman–Crippen LogP) is 3.74. The molecule has 34 heavy (non-hydrogen) atoms. The maximum Gasteiger partial charge on any atom is 0.267 e. The summed E-state index contributed by atoms with van der Waals surface area (Å²) in [5.41, 5.74) is -0.0867. The number of aromatic amines is 1. The van der Waals surface area contributed by atoms with Gasteiger partial charge in [0.1, 0.15) is 29.6 Å². The summed E-state index contributed by atoms with van der Waals surface area (Å²) in [5.74, 6) is -0.876. The Bertz CT molecular complexity index is 1550. The Balaban J connectivity index is 1.61. The van der Waals surface area contributed by atoms with E-state index in [9.17, 15) is 17.2 Å². The first-order valence-electron chi connectivity index (χ1n) is 9.49. The lowest BCUT2D eigenvalue weighted by Gasteiger charge is -2.14. The van der Waals surface area contributed by atoms with E-state index >= 15 is 4.39 Å². The van der Waals surface area contributed by atoms with Crippen molar-refractivity contribution in [3.8, 4) is 24.0 Å². The highest BCUT2D eigenvalue weighted by Crippen LogP contribution is 2.29. The highest BCUT2D eigenvalue weighted by molar-refractivity contribution is 7.92. The van der Waals surface area contributed by atoms with Crippen molar-refractivity contribution in [1.82, 2.24) is 15.0 Å². The Morgan fingerprint density at radius 1 is 1.18 bits per heavy atom. The Labute approximate surface area is 191 Å². The number of ether oxygens (including phenoxy) is 2. The summed E-state index contributed by atoms with van der Waals surface area (Å²) in [6, 6.07) is 3.97. The van der Waals surface area contributed by atoms with Crippen LogP contribution in [0.5, 0.6) is 11.6 Å². The zero-order chi connectivity index (χ0) is 24.5. The highest BCUT2D eigenvalue weighted by atomic mass is 32.2. The number of halogens is 3. The molecule has 0 saturated carbocycles. The SMILES string of the molecule is C#Cc1c[nH]c2ncc(OCc3c(F)ccc(NS(=O)(=O)c4cc(F)cnc4OC)c3F)cc12. The summed E-state index contributed by atoms with van der Waals surface area (Å²) < 4.78 is 80.6. The van der Waals surface area contributed by atoms with Gasteiger partial charge in [0.15, 0.2) is 10.7 Å². The fourth-order valence-corrected chi connectivity index (χ4v) is 4.29. The van der Waals surface area contributed by atoms with Crippen LogP contribution in [0.25, 0.3) is 11.0 Å². The van der Waals surface area contributed by atoms with E-state index in [4.69, 9.17) is 15.9 Å². The minimum Gasteiger partial charge on any atom is -0.487 e. The molecule has 0 amide bonds. The Morgan fingerprint density at radius 2 is 1.97 bits per heavy atom. The lowest BCUT2D eigenvalue weighted by atomic mass is 10.2. The molecular weight excluding hydrogens is 473 g/mol. The van der Waals surface area contributed by atoms with E-state index in [1.807, 2.05) is 4.72 Å². The van der Waals surface area contributed by atoms with Gasteiger partial charge < -0.3 is 14.5 Å². The maximum atomic E-state index is 15.1. The van der Waals surface area contributed by atoms with E-state index in [1.165, 1.54) is 6.20 Å². The van der Waals surface area contributed by atoms with E-state index in [1.54, 1.807) is 12.3 Å². The zero-order valence-corrected chi connectivity index (χ0v) is 18.2. The first-order valence-corrected chi connectivity index (χ1v) is 11.0. The molecule has 0 aliphatic carbocycles. The number of hydrogen-bond donors (Lipinski definition) is 2. The van der Waals surface area contributed by atoms with Crippen LogP contribution < -0.4 is 14.2 Å². The molecule has 0 spiro atoms. The van der Waals surface area contributed by atoms with Gasteiger partial charge in [-0.15, -0.1) is 6.42 Å². The molecule has 0 bridgehead atoms. The van der Waals surface area contributed by atoms with E-state index in [0.717, 1.165) is 25.4 Å². The van der Waals surface area contributed by atoms with Crippen LogP contribution in [0.1, 0.15) is 11.1 Å². The largest absolute Gasteiger partial charge is 0.487 e. The number of nitrogens with zero attached hydrogens (tertiary/aromatic N) is 2. The number of anilines is 1. The standard InChI is InChI=1S/C22H15F3N4O4S/c1-3-12-8-26-21-15(12)7-14(10-27-21)33-11-16-17(24)4-5-18(20(16)25)29-34(30,31)19-6-13(23)9-28-22(19)32-2/h1,4-10,29H,11H2,2H3,(H,26,27). The first-order chi connectivity index (χ1) is 16.2. The van der Waals surface area contributed by atoms with Gasteiger partial charge in [0.25, 0.3) is 10.0 Å². The van der Waals surface area contributed by atoms with Gasteiger partial charge in [-0.25, -0.2) is 31.6 Å². The molecule has 12 heteroatoms. The molecule has 3 heterocycles. The second-order valence-corrected chi connectivity index (χ2v) is 8.51. The number of hydrogen-bond acceptors (Lipinski definition) is 6. The average molecular weight is 488 g/mol. The lowest BCUT2D eigenvalue weighted by Crippen LogP contribution is -2.17. The summed E-state index contributed by atoms with van der Waals surface area (Å²) >= 11 is 0. The van der Waals surface area contributed by atoms with E-state index in [2.05, 4.69) is 20.9 Å². The molecule has 8 nitrogen and oxygen atoms in total. The van der Waals surface area contributed by atoms with Crippen molar-refractivity contribution in [3.05, 3.63) is 71.4 Å². The number of benzene rings is 1. The molecule has 4 aromatic rings. The number of methoxy groups -OCH3 is 1. The van der Waals surface area contributed by atoms with E-state index < -0.39 is 56.1 Å². The molecule has 0 fully saturated rings. The van der Waals surface area contributed by atoms with Gasteiger partial charge in [-0.3, -0.25) is 4.72 Å². The number of rotatable bonds is 7. The summed E-state index contributed by atoms with van der Waals surface area (Å²) in [7, 11) is -3.40. The van der Waals surface area contributed by atoms with Crippen molar-refractivity contribution >= 4 is 26.7 Å². The topological polar surface area (TPSA) is 106 Å². The Hall–Kier alpha value is -4.24. The van der Waals surface area contributed by atoms with Crippen molar-refractivity contribution < 1.29 is 31.1 Å². The van der Waals surface area contributed by atoms with Gasteiger partial charge in [-0.1, -0.05) is 5.92 Å². The molecule has 4 rings (SSSR count). The Kier molecular flexibility index (Phi) is 6.04. The average Bonchev–Trinajstić information content (AvgIpc) is 3.23. The lowest BCUT2D eigenvalue weighted by molar-refractivity contribution is 0.292. The van der Waals surface area contributed by atoms with Crippen LogP contribution in [0.2, 0.25) is 0 Å². The number of sulfonamides is 1. The van der Waals surface area contributed by atoms with E-state index in [0.29, 0.717) is 22.7 Å². The quantitative estimate of drug-likeness (QED) is 0.384. The molecule has 0 aliphatic heterocycles. The molecule has 0 atom stereocenters. The van der Waals surface area contributed by atoms with Crippen molar-refractivity contribution in [2.45, 2.75) is 11.5 Å². The van der Waals surface area contributed by atoms with Crippen LogP contribution in [0.3, 0.4) is 0 Å². The number of terminal acetylenes is 1. The smallest absolute Gasteiger partial charge is 0.267 e. The molecule has 0 radical (unpaired) electrons. The number of H-pyrrole nitrogens is 1. The number of nitrogens with one attached hydrogen (secondary N) is 2. The maximum absolute atomic E-state index is 15.1. The van der Waals surface area contributed by atoms with Crippen LogP contribution >= 0.6 is 0 Å². The summed E-state index contributed by atoms with van der Waals surface area (Å²) in [6.07, 6.45) is 9.11. The molecule has 0 aliphatic rings. The molecule has 0 saturated heterocycles. The second kappa shape index (κ2) is 8.95. The van der Waals surface area contributed by atoms with Gasteiger partial charge >= 0.3 is 0 Å². The number of aromatic nitrogens is 3. The van der Waals surface area contributed by atoms with Gasteiger partial charge in [-0.05, 0) is 18.2 Å². The summed E-state index contributed by atoms with van der Waals surface area (Å²) in [4.78, 5) is 9.89. The molecule has 2 N–H and O–H groups in total. The highest BCUT2D eigenvalue weighted by Gasteiger charge is 2.25. The van der Waals surface area contributed by atoms with Crippen LogP contribution in [-0.2, 0) is 16.6 Å². The van der Waals surface area contributed by atoms with Gasteiger partial charge in [0.2, 0.25) is 5.88 Å². The summed E-state index contributed by atoms with van der Waals surface area (Å²) in [6.45, 7) is -0.582. The van der Waals surface area contributed by atoms with Crippen LogP contribution in [0.15, 0.2) is 47.8 Å².